The molecule has 1 heterocycles. The predicted octanol–water partition coefficient (Wildman–Crippen LogP) is 2.10. The van der Waals surface area contributed by atoms with Gasteiger partial charge in [0.1, 0.15) is 5.69 Å². The third-order valence-electron chi connectivity index (χ3n) is 3.44. The van der Waals surface area contributed by atoms with E-state index < -0.39 is 5.91 Å². The topological polar surface area (TPSA) is 86.4 Å². The number of nitrogens with two attached hydrogens (primary N) is 2. The number of carbonyl (C=O) groups is 1. The lowest BCUT2D eigenvalue weighted by Gasteiger charge is -2.09. The molecule has 1 aromatic heterocycles. The van der Waals surface area contributed by atoms with Gasteiger partial charge in [0.05, 0.1) is 0 Å². The van der Waals surface area contributed by atoms with E-state index in [1.165, 1.54) is 0 Å². The van der Waals surface area contributed by atoms with Crippen molar-refractivity contribution in [2.24, 2.45) is 16.5 Å². The Kier molecular flexibility index (Phi) is 3.62. The molecule has 0 aliphatic rings. The lowest BCUT2D eigenvalue weighted by Crippen LogP contribution is -2.24. The van der Waals surface area contributed by atoms with Gasteiger partial charge < -0.3 is 16.0 Å². The van der Waals surface area contributed by atoms with Crippen LogP contribution in [0.4, 0.5) is 0 Å². The molecule has 4 N–H and O–H groups in total. The highest BCUT2D eigenvalue weighted by Crippen LogP contribution is 2.22. The highest BCUT2D eigenvalue weighted by Gasteiger charge is 2.15. The molecular formula is C17H16N4O. The number of rotatable bonds is 3. The van der Waals surface area contributed by atoms with Crippen LogP contribution in [0.3, 0.4) is 0 Å². The number of hydrogen-bond acceptors (Lipinski definition) is 1. The molecule has 2 aromatic carbocycles. The summed E-state index contributed by atoms with van der Waals surface area (Å²) in [7, 11) is 0. The number of benzene rings is 2. The van der Waals surface area contributed by atoms with Crippen molar-refractivity contribution in [2.45, 2.75) is 6.54 Å². The van der Waals surface area contributed by atoms with E-state index in [9.17, 15) is 4.79 Å². The average molecular weight is 292 g/mol. The monoisotopic (exact) mass is 292 g/mol. The molecule has 5 heteroatoms. The zero-order valence-electron chi connectivity index (χ0n) is 11.9. The predicted molar refractivity (Wildman–Crippen MR) is 87.6 cm³/mol. The van der Waals surface area contributed by atoms with Gasteiger partial charge in [-0.3, -0.25) is 4.79 Å². The number of para-hydroxylation sites is 1. The molecule has 0 unspecified atom stereocenters. The van der Waals surface area contributed by atoms with Gasteiger partial charge in [0.15, 0.2) is 5.96 Å². The van der Waals surface area contributed by atoms with Gasteiger partial charge in [-0.05, 0) is 17.7 Å². The van der Waals surface area contributed by atoms with Crippen LogP contribution in [-0.4, -0.2) is 16.4 Å². The number of aliphatic imine (C=N–C) groups is 1. The van der Waals surface area contributed by atoms with E-state index >= 15 is 0 Å². The van der Waals surface area contributed by atoms with E-state index in [0.717, 1.165) is 16.5 Å². The fourth-order valence-electron chi connectivity index (χ4n) is 2.50. The normalized spacial score (nSPS) is 10.5. The van der Waals surface area contributed by atoms with Gasteiger partial charge in [-0.25, -0.2) is 0 Å². The number of fused-ring (bicyclic) bond motifs is 1. The summed E-state index contributed by atoms with van der Waals surface area (Å²) in [4.78, 5) is 15.9. The summed E-state index contributed by atoms with van der Waals surface area (Å²) in [6.45, 7) is 0.579. The van der Waals surface area contributed by atoms with E-state index in [2.05, 4.69) is 4.99 Å². The molecule has 0 bridgehead atoms. The van der Waals surface area contributed by atoms with Crippen molar-refractivity contribution in [3.05, 3.63) is 71.9 Å². The van der Waals surface area contributed by atoms with Gasteiger partial charge in [-0.1, -0.05) is 48.5 Å². The van der Waals surface area contributed by atoms with E-state index in [-0.39, 0.29) is 5.96 Å². The maximum Gasteiger partial charge on any atom is 0.296 e. The van der Waals surface area contributed by atoms with Crippen LogP contribution < -0.4 is 11.5 Å². The highest BCUT2D eigenvalue weighted by molar-refractivity contribution is 6.04. The Morgan fingerprint density at radius 1 is 1.00 bits per heavy atom. The number of carbonyl (C=O) groups excluding carboxylic acids is 1. The number of guanidine groups is 1. The van der Waals surface area contributed by atoms with E-state index in [1.54, 1.807) is 0 Å². The molecule has 0 radical (unpaired) electrons. The van der Waals surface area contributed by atoms with Crippen molar-refractivity contribution in [2.75, 3.05) is 0 Å². The fourth-order valence-corrected chi connectivity index (χ4v) is 2.50. The first-order chi connectivity index (χ1) is 10.6. The quantitative estimate of drug-likeness (QED) is 0.572. The van der Waals surface area contributed by atoms with Crippen molar-refractivity contribution < 1.29 is 4.79 Å². The van der Waals surface area contributed by atoms with Crippen molar-refractivity contribution in [1.29, 1.82) is 0 Å². The second-order valence-electron chi connectivity index (χ2n) is 5.00. The van der Waals surface area contributed by atoms with E-state index in [0.29, 0.717) is 12.2 Å². The molecule has 5 nitrogen and oxygen atoms in total. The van der Waals surface area contributed by atoms with Crippen molar-refractivity contribution in [3.63, 3.8) is 0 Å². The van der Waals surface area contributed by atoms with Gasteiger partial charge in [0.25, 0.3) is 5.91 Å². The molecule has 22 heavy (non-hydrogen) atoms. The minimum atomic E-state index is -0.438. The van der Waals surface area contributed by atoms with Crippen LogP contribution in [0.15, 0.2) is 65.7 Å². The summed E-state index contributed by atoms with van der Waals surface area (Å²) in [5.74, 6) is -0.673. The number of aromatic nitrogens is 1. The zero-order chi connectivity index (χ0) is 15.5. The first kappa shape index (κ1) is 13.9. The first-order valence-electron chi connectivity index (χ1n) is 6.91. The molecule has 1 amide bonds. The van der Waals surface area contributed by atoms with Gasteiger partial charge in [0.2, 0.25) is 0 Å². The second-order valence-corrected chi connectivity index (χ2v) is 5.00. The largest absolute Gasteiger partial charge is 0.370 e. The molecule has 0 fully saturated rings. The maximum atomic E-state index is 12.3. The highest BCUT2D eigenvalue weighted by atomic mass is 16.1. The van der Waals surface area contributed by atoms with Crippen molar-refractivity contribution in [3.8, 4) is 0 Å². The molecule has 0 saturated carbocycles. The standard InChI is InChI=1S/C17H16N4O/c18-17(19)20-16(22)15-10-13-8-4-5-9-14(13)21(15)11-12-6-2-1-3-7-12/h1-10H,11H2,(H4,18,19,20,22). The second kappa shape index (κ2) is 5.73. The number of nitrogens with zero attached hydrogens (tertiary/aromatic N) is 2. The summed E-state index contributed by atoms with van der Waals surface area (Å²) in [6.07, 6.45) is 0. The van der Waals surface area contributed by atoms with E-state index in [4.69, 9.17) is 11.5 Å². The van der Waals surface area contributed by atoms with Gasteiger partial charge in [-0.15, -0.1) is 0 Å². The van der Waals surface area contributed by atoms with Crippen LogP contribution in [0.1, 0.15) is 16.1 Å². The summed E-state index contributed by atoms with van der Waals surface area (Å²) < 4.78 is 1.93. The summed E-state index contributed by atoms with van der Waals surface area (Å²) in [5.41, 5.74) is 13.2. The summed E-state index contributed by atoms with van der Waals surface area (Å²) in [6, 6.07) is 19.6. The lowest BCUT2D eigenvalue weighted by atomic mass is 10.2. The van der Waals surface area contributed by atoms with Crippen LogP contribution in [0.2, 0.25) is 0 Å². The molecular weight excluding hydrogens is 276 g/mol. The molecule has 3 aromatic rings. The van der Waals surface area contributed by atoms with Crippen LogP contribution in [0.5, 0.6) is 0 Å². The Bertz CT molecular complexity index is 845. The van der Waals surface area contributed by atoms with Crippen LogP contribution in [0.25, 0.3) is 10.9 Å². The molecule has 0 aliphatic carbocycles. The Hall–Kier alpha value is -3.08. The van der Waals surface area contributed by atoms with Gasteiger partial charge >= 0.3 is 0 Å². The summed E-state index contributed by atoms with van der Waals surface area (Å²) in [5, 5.41) is 0.979. The number of hydrogen-bond donors (Lipinski definition) is 2. The van der Waals surface area contributed by atoms with Crippen LogP contribution in [0, 0.1) is 0 Å². The molecule has 0 aliphatic heterocycles. The minimum Gasteiger partial charge on any atom is -0.370 e. The molecule has 3 rings (SSSR count). The minimum absolute atomic E-state index is 0.235. The smallest absolute Gasteiger partial charge is 0.296 e. The third kappa shape index (κ3) is 2.69. The summed E-state index contributed by atoms with van der Waals surface area (Å²) >= 11 is 0. The molecule has 0 saturated heterocycles. The maximum absolute atomic E-state index is 12.3. The molecule has 0 spiro atoms. The van der Waals surface area contributed by atoms with E-state index in [1.807, 2.05) is 65.2 Å². The Balaban J connectivity index is 2.13. The average Bonchev–Trinajstić information content (AvgIpc) is 2.87. The lowest BCUT2D eigenvalue weighted by molar-refractivity contribution is 0.0995. The Labute approximate surface area is 127 Å². The SMILES string of the molecule is NC(N)=NC(=O)c1cc2ccccc2n1Cc1ccccc1. The Morgan fingerprint density at radius 2 is 1.68 bits per heavy atom. The third-order valence-corrected chi connectivity index (χ3v) is 3.44. The number of amides is 1. The first-order valence-corrected chi connectivity index (χ1v) is 6.91. The van der Waals surface area contributed by atoms with Crippen molar-refractivity contribution in [1.82, 2.24) is 4.57 Å². The van der Waals surface area contributed by atoms with Crippen LogP contribution >= 0.6 is 0 Å². The van der Waals surface area contributed by atoms with Gasteiger partial charge in [-0.2, -0.15) is 4.99 Å². The Morgan fingerprint density at radius 3 is 2.41 bits per heavy atom. The fraction of sp³-hybridized carbons (Fsp3) is 0.0588. The van der Waals surface area contributed by atoms with Crippen LogP contribution in [-0.2, 0) is 6.54 Å². The molecule has 0 atom stereocenters. The van der Waals surface area contributed by atoms with Crippen molar-refractivity contribution >= 4 is 22.8 Å². The molecule has 110 valence electrons. The van der Waals surface area contributed by atoms with Gasteiger partial charge in [0, 0.05) is 17.4 Å². The zero-order valence-corrected chi connectivity index (χ0v) is 11.9.